The van der Waals surface area contributed by atoms with Gasteiger partial charge in [0.2, 0.25) is 5.95 Å². The van der Waals surface area contributed by atoms with Crippen LogP contribution in [0.1, 0.15) is 17.5 Å². The van der Waals surface area contributed by atoms with Crippen LogP contribution in [0.4, 0.5) is 36.3 Å². The molecule has 0 unspecified atom stereocenters. The summed E-state index contributed by atoms with van der Waals surface area (Å²) in [5.41, 5.74) is 1.93. The van der Waals surface area contributed by atoms with Crippen LogP contribution in [0.25, 0.3) is 0 Å². The van der Waals surface area contributed by atoms with Crippen LogP contribution in [-0.2, 0) is 12.6 Å². The van der Waals surface area contributed by atoms with Gasteiger partial charge in [0.05, 0.1) is 5.56 Å². The maximum atomic E-state index is 12.9. The van der Waals surface area contributed by atoms with Gasteiger partial charge in [-0.3, -0.25) is 0 Å². The molecule has 27 heavy (non-hydrogen) atoms. The van der Waals surface area contributed by atoms with Crippen LogP contribution < -0.4 is 10.2 Å². The molecule has 1 aliphatic heterocycles. The third-order valence-corrected chi connectivity index (χ3v) is 4.46. The smallest absolute Gasteiger partial charge is 0.340 e. The molecule has 1 aliphatic rings. The second-order valence-corrected chi connectivity index (χ2v) is 6.33. The van der Waals surface area contributed by atoms with E-state index < -0.39 is 11.7 Å². The van der Waals surface area contributed by atoms with Crippen molar-refractivity contribution in [3.05, 3.63) is 71.9 Å². The van der Waals surface area contributed by atoms with Crippen LogP contribution in [0.15, 0.2) is 60.8 Å². The van der Waals surface area contributed by atoms with E-state index in [0.717, 1.165) is 37.2 Å². The van der Waals surface area contributed by atoms with Gasteiger partial charge in [-0.15, -0.1) is 0 Å². The van der Waals surface area contributed by atoms with Gasteiger partial charge in [0, 0.05) is 24.1 Å². The zero-order chi connectivity index (χ0) is 18.9. The minimum atomic E-state index is -4.38. The van der Waals surface area contributed by atoms with E-state index >= 15 is 0 Å². The maximum Gasteiger partial charge on any atom is 0.416 e. The van der Waals surface area contributed by atoms with Crippen molar-refractivity contribution in [3.63, 3.8) is 0 Å². The summed E-state index contributed by atoms with van der Waals surface area (Å²) in [6.07, 6.45) is -0.776. The zero-order valence-corrected chi connectivity index (χ0v) is 14.4. The summed E-state index contributed by atoms with van der Waals surface area (Å²) in [6, 6.07) is 14.8. The molecule has 0 fully saturated rings. The van der Waals surface area contributed by atoms with E-state index in [9.17, 15) is 13.2 Å². The predicted molar refractivity (Wildman–Crippen MR) is 98.5 cm³/mol. The van der Waals surface area contributed by atoms with Crippen molar-refractivity contribution < 1.29 is 13.2 Å². The van der Waals surface area contributed by atoms with Crippen LogP contribution in [-0.4, -0.2) is 16.5 Å². The molecule has 0 amide bonds. The normalized spacial score (nSPS) is 14.0. The number of hydrogen-bond donors (Lipinski definition) is 1. The highest BCUT2D eigenvalue weighted by Gasteiger charge is 2.30. The highest BCUT2D eigenvalue weighted by molar-refractivity contribution is 5.65. The van der Waals surface area contributed by atoms with Crippen molar-refractivity contribution >= 4 is 23.1 Å². The molecule has 0 bridgehead atoms. The fourth-order valence-corrected chi connectivity index (χ4v) is 3.21. The SMILES string of the molecule is FC(F)(F)c1cccc(Nc2ccnc(N3CCCc4ccccc43)n2)c1. The van der Waals surface area contributed by atoms with Crippen molar-refractivity contribution in [2.75, 3.05) is 16.8 Å². The van der Waals surface area contributed by atoms with Crippen LogP contribution >= 0.6 is 0 Å². The molecule has 3 aromatic rings. The average molecular weight is 370 g/mol. The molecule has 2 aromatic carbocycles. The van der Waals surface area contributed by atoms with E-state index in [-0.39, 0.29) is 0 Å². The maximum absolute atomic E-state index is 12.9. The fraction of sp³-hybridized carbons (Fsp3) is 0.200. The lowest BCUT2D eigenvalue weighted by molar-refractivity contribution is -0.137. The Bertz CT molecular complexity index is 956. The van der Waals surface area contributed by atoms with Crippen LogP contribution in [0, 0.1) is 0 Å². The van der Waals surface area contributed by atoms with E-state index in [1.807, 2.05) is 23.1 Å². The number of alkyl halides is 3. The molecule has 1 aromatic heterocycles. The number of nitrogens with zero attached hydrogens (tertiary/aromatic N) is 3. The number of aromatic nitrogens is 2. The van der Waals surface area contributed by atoms with Gasteiger partial charge >= 0.3 is 6.18 Å². The third-order valence-electron chi connectivity index (χ3n) is 4.46. The fourth-order valence-electron chi connectivity index (χ4n) is 3.21. The lowest BCUT2D eigenvalue weighted by Gasteiger charge is -2.29. The summed E-state index contributed by atoms with van der Waals surface area (Å²) in [5, 5.41) is 2.94. The van der Waals surface area contributed by atoms with Crippen molar-refractivity contribution in [1.82, 2.24) is 9.97 Å². The molecule has 0 radical (unpaired) electrons. The van der Waals surface area contributed by atoms with Gasteiger partial charge in [-0.2, -0.15) is 18.2 Å². The van der Waals surface area contributed by atoms with Crippen molar-refractivity contribution in [3.8, 4) is 0 Å². The second-order valence-electron chi connectivity index (χ2n) is 6.33. The number of benzene rings is 2. The summed E-state index contributed by atoms with van der Waals surface area (Å²) >= 11 is 0. The molecule has 2 heterocycles. The minimum absolute atomic E-state index is 0.327. The van der Waals surface area contributed by atoms with Gasteiger partial charge in [0.1, 0.15) is 5.82 Å². The molecule has 4 rings (SSSR count). The van der Waals surface area contributed by atoms with Crippen LogP contribution in [0.3, 0.4) is 0 Å². The average Bonchev–Trinajstić information content (AvgIpc) is 2.67. The first-order valence-electron chi connectivity index (χ1n) is 8.63. The van der Waals surface area contributed by atoms with Gasteiger partial charge in [0.15, 0.2) is 0 Å². The Balaban J connectivity index is 1.61. The quantitative estimate of drug-likeness (QED) is 0.677. The minimum Gasteiger partial charge on any atom is -0.340 e. The molecule has 0 spiro atoms. The number of rotatable bonds is 3. The molecule has 138 valence electrons. The number of hydrogen-bond acceptors (Lipinski definition) is 4. The Hall–Kier alpha value is -3.09. The Morgan fingerprint density at radius 1 is 1.00 bits per heavy atom. The number of fused-ring (bicyclic) bond motifs is 1. The second kappa shape index (κ2) is 6.90. The van der Waals surface area contributed by atoms with E-state index in [2.05, 4.69) is 21.4 Å². The van der Waals surface area contributed by atoms with Crippen molar-refractivity contribution in [2.24, 2.45) is 0 Å². The van der Waals surface area contributed by atoms with Crippen LogP contribution in [0.5, 0.6) is 0 Å². The standard InChI is InChI=1S/C20H17F3N4/c21-20(22,23)15-7-3-8-16(13-15)25-18-10-11-24-19(26-18)27-12-4-6-14-5-1-2-9-17(14)27/h1-3,5,7-11,13H,4,6,12H2,(H,24,25,26). The summed E-state index contributed by atoms with van der Waals surface area (Å²) < 4.78 is 38.7. The molecular formula is C20H17F3N4. The highest BCUT2D eigenvalue weighted by Crippen LogP contribution is 2.33. The van der Waals surface area contributed by atoms with E-state index in [4.69, 9.17) is 0 Å². The van der Waals surface area contributed by atoms with Gasteiger partial charge in [-0.05, 0) is 48.7 Å². The lowest BCUT2D eigenvalue weighted by Crippen LogP contribution is -2.26. The predicted octanol–water partition coefficient (Wildman–Crippen LogP) is 5.32. The first-order valence-corrected chi connectivity index (χ1v) is 8.63. The Morgan fingerprint density at radius 3 is 2.70 bits per heavy atom. The monoisotopic (exact) mass is 370 g/mol. The number of anilines is 4. The number of nitrogens with one attached hydrogen (secondary N) is 1. The number of para-hydroxylation sites is 1. The Kier molecular flexibility index (Phi) is 4.43. The zero-order valence-electron chi connectivity index (χ0n) is 14.4. The van der Waals surface area contributed by atoms with Gasteiger partial charge in [0.25, 0.3) is 0 Å². The van der Waals surface area contributed by atoms with E-state index in [1.54, 1.807) is 18.3 Å². The first kappa shape index (κ1) is 17.3. The number of aryl methyl sites for hydroxylation is 1. The van der Waals surface area contributed by atoms with Crippen LogP contribution in [0.2, 0.25) is 0 Å². The van der Waals surface area contributed by atoms with E-state index in [0.29, 0.717) is 17.5 Å². The highest BCUT2D eigenvalue weighted by atomic mass is 19.4. The molecule has 7 heteroatoms. The molecule has 0 aliphatic carbocycles. The van der Waals surface area contributed by atoms with Crippen molar-refractivity contribution in [2.45, 2.75) is 19.0 Å². The first-order chi connectivity index (χ1) is 13.0. The van der Waals surface area contributed by atoms with Gasteiger partial charge in [-0.1, -0.05) is 24.3 Å². The summed E-state index contributed by atoms with van der Waals surface area (Å²) in [5.74, 6) is 0.974. The largest absolute Gasteiger partial charge is 0.416 e. The lowest BCUT2D eigenvalue weighted by atomic mass is 10.0. The van der Waals surface area contributed by atoms with Crippen molar-refractivity contribution in [1.29, 1.82) is 0 Å². The van der Waals surface area contributed by atoms with Gasteiger partial charge in [-0.25, -0.2) is 4.98 Å². The molecule has 1 N–H and O–H groups in total. The molecule has 4 nitrogen and oxygen atoms in total. The molecular weight excluding hydrogens is 353 g/mol. The molecule has 0 atom stereocenters. The Labute approximate surface area is 154 Å². The molecule has 0 saturated heterocycles. The summed E-state index contributed by atoms with van der Waals surface area (Å²) in [6.45, 7) is 0.796. The number of halogens is 3. The molecule has 0 saturated carbocycles. The summed E-state index contributed by atoms with van der Waals surface area (Å²) in [4.78, 5) is 10.9. The summed E-state index contributed by atoms with van der Waals surface area (Å²) in [7, 11) is 0. The topological polar surface area (TPSA) is 41.1 Å². The third kappa shape index (κ3) is 3.72. The Morgan fingerprint density at radius 2 is 1.85 bits per heavy atom. The van der Waals surface area contributed by atoms with Gasteiger partial charge < -0.3 is 10.2 Å². The van der Waals surface area contributed by atoms with E-state index in [1.165, 1.54) is 11.6 Å².